The minimum Gasteiger partial charge on any atom is -0.490 e. The first-order valence-electron chi connectivity index (χ1n) is 9.59. The second-order valence-corrected chi connectivity index (χ2v) is 7.54. The van der Waals surface area contributed by atoms with Crippen molar-refractivity contribution in [2.75, 3.05) is 33.5 Å². The number of ether oxygens (including phenoxy) is 5. The summed E-state index contributed by atoms with van der Waals surface area (Å²) in [5.74, 6) is -0.310. The van der Waals surface area contributed by atoms with E-state index in [4.69, 9.17) is 23.7 Å². The molecule has 0 aromatic heterocycles. The molecule has 2 aromatic carbocycles. The van der Waals surface area contributed by atoms with Crippen LogP contribution in [0.3, 0.4) is 0 Å². The molecular formula is C22H23BrO7. The van der Waals surface area contributed by atoms with Crippen LogP contribution in [0.15, 0.2) is 46.9 Å². The minimum atomic E-state index is -0.572. The molecule has 1 aliphatic rings. The molecule has 1 heterocycles. The van der Waals surface area contributed by atoms with E-state index >= 15 is 0 Å². The van der Waals surface area contributed by atoms with Crippen molar-refractivity contribution < 1.29 is 33.3 Å². The van der Waals surface area contributed by atoms with Crippen molar-refractivity contribution in [3.05, 3.63) is 58.1 Å². The summed E-state index contributed by atoms with van der Waals surface area (Å²) in [4.78, 5) is 24.8. The minimum absolute atomic E-state index is 0.0281. The molecule has 8 heteroatoms. The zero-order valence-corrected chi connectivity index (χ0v) is 18.2. The number of esters is 2. The summed E-state index contributed by atoms with van der Waals surface area (Å²) in [6.45, 7) is 1.65. The molecule has 3 rings (SSSR count). The van der Waals surface area contributed by atoms with E-state index in [0.29, 0.717) is 36.9 Å². The average molecular weight is 479 g/mol. The van der Waals surface area contributed by atoms with Crippen LogP contribution in [0.1, 0.15) is 33.6 Å². The van der Waals surface area contributed by atoms with Crippen LogP contribution in [0.4, 0.5) is 0 Å². The van der Waals surface area contributed by atoms with Gasteiger partial charge in [-0.3, -0.25) is 0 Å². The molecule has 2 aromatic rings. The molecule has 0 amide bonds. The normalized spacial score (nSPS) is 15.6. The monoisotopic (exact) mass is 478 g/mol. The molecule has 1 fully saturated rings. The van der Waals surface area contributed by atoms with Gasteiger partial charge >= 0.3 is 11.9 Å². The Balaban J connectivity index is 1.60. The highest BCUT2D eigenvalue weighted by Gasteiger charge is 2.19. The maximum Gasteiger partial charge on any atom is 0.347 e. The average Bonchev–Trinajstić information content (AvgIpc) is 3.27. The molecule has 30 heavy (non-hydrogen) atoms. The van der Waals surface area contributed by atoms with Gasteiger partial charge in [-0.2, -0.15) is 0 Å². The molecular weight excluding hydrogens is 456 g/mol. The summed E-state index contributed by atoms with van der Waals surface area (Å²) in [6.07, 6.45) is 1.86. The first-order chi connectivity index (χ1) is 14.6. The fourth-order valence-corrected chi connectivity index (χ4v) is 3.23. The number of carbonyl (C=O) groups excluding carboxylic acids is 2. The topological polar surface area (TPSA) is 80.3 Å². The first-order valence-corrected chi connectivity index (χ1v) is 10.4. The van der Waals surface area contributed by atoms with E-state index in [2.05, 4.69) is 15.9 Å². The van der Waals surface area contributed by atoms with Crippen molar-refractivity contribution >= 4 is 27.9 Å². The van der Waals surface area contributed by atoms with Gasteiger partial charge in [-0.25, -0.2) is 9.59 Å². The Morgan fingerprint density at radius 1 is 1.10 bits per heavy atom. The third-order valence-electron chi connectivity index (χ3n) is 4.43. The van der Waals surface area contributed by atoms with E-state index in [1.54, 1.807) is 49.6 Å². The lowest BCUT2D eigenvalue weighted by molar-refractivity contribution is 0.0161. The van der Waals surface area contributed by atoms with E-state index in [9.17, 15) is 9.59 Å². The van der Waals surface area contributed by atoms with E-state index in [1.807, 2.05) is 0 Å². The number of carbonyl (C=O) groups is 2. The fourth-order valence-electron chi connectivity index (χ4n) is 2.87. The van der Waals surface area contributed by atoms with Crippen LogP contribution < -0.4 is 9.47 Å². The lowest BCUT2D eigenvalue weighted by atomic mass is 10.2. The summed E-state index contributed by atoms with van der Waals surface area (Å²) in [6, 6.07) is 11.3. The van der Waals surface area contributed by atoms with E-state index in [1.165, 1.54) is 0 Å². The number of halogens is 1. The second-order valence-electron chi connectivity index (χ2n) is 6.63. The summed E-state index contributed by atoms with van der Waals surface area (Å²) in [7, 11) is 1.57. The number of hydrogen-bond acceptors (Lipinski definition) is 7. The Morgan fingerprint density at radius 2 is 1.90 bits per heavy atom. The van der Waals surface area contributed by atoms with E-state index in [0.717, 1.165) is 17.3 Å². The molecule has 0 N–H and O–H groups in total. The van der Waals surface area contributed by atoms with Gasteiger partial charge in [-0.1, -0.05) is 15.9 Å². The Hall–Kier alpha value is -2.42. The summed E-state index contributed by atoms with van der Waals surface area (Å²) in [5.41, 5.74) is 0.652. The van der Waals surface area contributed by atoms with Gasteiger partial charge in [0, 0.05) is 18.2 Å². The summed E-state index contributed by atoms with van der Waals surface area (Å²) >= 11 is 3.35. The Morgan fingerprint density at radius 3 is 2.60 bits per heavy atom. The standard InChI is InChI=1S/C22H23BrO7/c1-26-11-12-28-20-9-6-16(23)13-19(20)22(25)30-17-7-4-15(5-8-17)21(24)29-14-18-3-2-10-27-18/h4-9,13,18H,2-3,10-12,14H2,1H3. The van der Waals surface area contributed by atoms with Crippen molar-refractivity contribution in [3.8, 4) is 11.5 Å². The third-order valence-corrected chi connectivity index (χ3v) is 4.92. The predicted octanol–water partition coefficient (Wildman–Crippen LogP) is 4.03. The number of hydrogen-bond donors (Lipinski definition) is 0. The van der Waals surface area contributed by atoms with Crippen LogP contribution >= 0.6 is 15.9 Å². The van der Waals surface area contributed by atoms with Gasteiger partial charge in [-0.05, 0) is 55.3 Å². The molecule has 1 aliphatic heterocycles. The highest BCUT2D eigenvalue weighted by molar-refractivity contribution is 9.10. The molecule has 1 saturated heterocycles. The highest BCUT2D eigenvalue weighted by atomic mass is 79.9. The highest BCUT2D eigenvalue weighted by Crippen LogP contribution is 2.25. The van der Waals surface area contributed by atoms with Gasteiger partial charge in [0.25, 0.3) is 0 Å². The molecule has 7 nitrogen and oxygen atoms in total. The van der Waals surface area contributed by atoms with Crippen molar-refractivity contribution in [2.45, 2.75) is 18.9 Å². The van der Waals surface area contributed by atoms with Crippen LogP contribution in [0, 0.1) is 0 Å². The Labute approximate surface area is 183 Å². The zero-order chi connectivity index (χ0) is 21.3. The van der Waals surface area contributed by atoms with Gasteiger partial charge < -0.3 is 23.7 Å². The molecule has 0 saturated carbocycles. The van der Waals surface area contributed by atoms with Crippen LogP contribution in [-0.4, -0.2) is 51.6 Å². The van der Waals surface area contributed by atoms with Crippen LogP contribution in [0.5, 0.6) is 11.5 Å². The quantitative estimate of drug-likeness (QED) is 0.305. The summed E-state index contributed by atoms with van der Waals surface area (Å²) < 4.78 is 27.4. The molecule has 1 unspecified atom stereocenters. The van der Waals surface area contributed by atoms with Crippen LogP contribution in [-0.2, 0) is 14.2 Å². The first kappa shape index (κ1) is 22.3. The van der Waals surface area contributed by atoms with Gasteiger partial charge in [-0.15, -0.1) is 0 Å². The Bertz CT molecular complexity index is 860. The molecule has 160 valence electrons. The maximum atomic E-state index is 12.6. The van der Waals surface area contributed by atoms with E-state index < -0.39 is 11.9 Å². The van der Waals surface area contributed by atoms with Gasteiger partial charge in [0.2, 0.25) is 0 Å². The van der Waals surface area contributed by atoms with Crippen molar-refractivity contribution in [1.29, 1.82) is 0 Å². The zero-order valence-electron chi connectivity index (χ0n) is 16.6. The Kier molecular flexibility index (Phi) is 8.24. The fraction of sp³-hybridized carbons (Fsp3) is 0.364. The smallest absolute Gasteiger partial charge is 0.347 e. The van der Waals surface area contributed by atoms with E-state index in [-0.39, 0.29) is 18.3 Å². The molecule has 0 bridgehead atoms. The van der Waals surface area contributed by atoms with Gasteiger partial charge in [0.1, 0.15) is 30.3 Å². The lowest BCUT2D eigenvalue weighted by Crippen LogP contribution is -2.17. The SMILES string of the molecule is COCCOc1ccc(Br)cc1C(=O)Oc1ccc(C(=O)OCC2CCCO2)cc1. The van der Waals surface area contributed by atoms with Gasteiger partial charge in [0.05, 0.1) is 18.3 Å². The van der Waals surface area contributed by atoms with Crippen molar-refractivity contribution in [2.24, 2.45) is 0 Å². The second kappa shape index (κ2) is 11.1. The molecule has 1 atom stereocenters. The third kappa shape index (κ3) is 6.29. The number of methoxy groups -OCH3 is 1. The molecule has 0 radical (unpaired) electrons. The van der Waals surface area contributed by atoms with Crippen LogP contribution in [0.2, 0.25) is 0 Å². The predicted molar refractivity (Wildman–Crippen MR) is 112 cm³/mol. The largest absolute Gasteiger partial charge is 0.490 e. The van der Waals surface area contributed by atoms with Crippen molar-refractivity contribution in [1.82, 2.24) is 0 Å². The molecule has 0 spiro atoms. The number of rotatable bonds is 9. The molecule has 0 aliphatic carbocycles. The summed E-state index contributed by atoms with van der Waals surface area (Å²) in [5, 5.41) is 0. The maximum absolute atomic E-state index is 12.6. The van der Waals surface area contributed by atoms with Crippen molar-refractivity contribution in [3.63, 3.8) is 0 Å². The van der Waals surface area contributed by atoms with Crippen LogP contribution in [0.25, 0.3) is 0 Å². The number of benzene rings is 2. The lowest BCUT2D eigenvalue weighted by Gasteiger charge is -2.12. The van der Waals surface area contributed by atoms with Gasteiger partial charge in [0.15, 0.2) is 0 Å².